The summed E-state index contributed by atoms with van der Waals surface area (Å²) in [6.45, 7) is 18.0. The molecule has 4 nitrogen and oxygen atoms in total. The lowest BCUT2D eigenvalue weighted by Gasteiger charge is -2.44. The maximum atomic E-state index is 5.35. The Labute approximate surface area is 293 Å². The molecule has 4 heteroatoms. The Morgan fingerprint density at radius 1 is 0.857 bits per heavy atom. The second-order valence-electron chi connectivity index (χ2n) is 16.6. The molecule has 2 atom stereocenters. The van der Waals surface area contributed by atoms with Crippen LogP contribution in [-0.2, 0) is 5.41 Å². The Bertz CT molecular complexity index is 2080. The maximum absolute atomic E-state index is 5.35. The number of hydrogen-bond donors (Lipinski definition) is 0. The number of aryl methyl sites for hydroxylation is 1. The molecular weight excluding hydrogens is 597 g/mol. The third-order valence-corrected chi connectivity index (χ3v) is 13.3. The van der Waals surface area contributed by atoms with Crippen LogP contribution < -0.4 is 4.57 Å². The van der Waals surface area contributed by atoms with Crippen molar-refractivity contribution in [3.63, 3.8) is 0 Å². The molecule has 252 valence electrons. The lowest BCUT2D eigenvalue weighted by molar-refractivity contribution is -0.710. The van der Waals surface area contributed by atoms with Crippen LogP contribution in [0.5, 0.6) is 0 Å². The van der Waals surface area contributed by atoms with Crippen LogP contribution >= 0.6 is 0 Å². The molecule has 4 aromatic rings. The molecule has 5 aliphatic rings. The first-order valence-corrected chi connectivity index (χ1v) is 19.4. The van der Waals surface area contributed by atoms with E-state index in [0.29, 0.717) is 18.0 Å². The Morgan fingerprint density at radius 3 is 2.37 bits per heavy atom. The monoisotopic (exact) mass is 650 g/mol. The molecule has 2 unspecified atom stereocenters. The van der Waals surface area contributed by atoms with Crippen LogP contribution in [0.1, 0.15) is 133 Å². The first-order valence-electron chi connectivity index (χ1n) is 19.4. The lowest BCUT2D eigenvalue weighted by Crippen LogP contribution is -2.54. The average molecular weight is 651 g/mol. The van der Waals surface area contributed by atoms with Gasteiger partial charge in [0, 0.05) is 61.2 Å². The number of benzene rings is 2. The minimum atomic E-state index is -0.212. The number of pyridine rings is 2. The van der Waals surface area contributed by atoms with Gasteiger partial charge in [-0.3, -0.25) is 4.98 Å². The van der Waals surface area contributed by atoms with Crippen molar-refractivity contribution in [1.29, 1.82) is 0 Å². The van der Waals surface area contributed by atoms with Gasteiger partial charge in [-0.2, -0.15) is 4.57 Å². The van der Waals surface area contributed by atoms with E-state index in [2.05, 4.69) is 103 Å². The zero-order valence-electron chi connectivity index (χ0n) is 30.5. The Balaban J connectivity index is 1.36. The highest BCUT2D eigenvalue weighted by Gasteiger charge is 2.52. The summed E-state index contributed by atoms with van der Waals surface area (Å²) in [5.74, 6) is 0.300. The van der Waals surface area contributed by atoms with Crippen molar-refractivity contribution in [3.8, 4) is 11.3 Å². The molecule has 0 amide bonds. The Kier molecular flexibility index (Phi) is 7.41. The van der Waals surface area contributed by atoms with Crippen LogP contribution in [0.25, 0.3) is 32.8 Å². The van der Waals surface area contributed by atoms with Crippen LogP contribution in [0, 0.1) is 6.92 Å². The van der Waals surface area contributed by atoms with Crippen LogP contribution in [0.2, 0.25) is 0 Å². The van der Waals surface area contributed by atoms with Gasteiger partial charge in [0.1, 0.15) is 6.54 Å². The van der Waals surface area contributed by atoms with Gasteiger partial charge in [-0.25, -0.2) is 4.58 Å². The van der Waals surface area contributed by atoms with Crippen LogP contribution in [0.3, 0.4) is 0 Å². The van der Waals surface area contributed by atoms with Crippen molar-refractivity contribution < 1.29 is 9.14 Å². The topological polar surface area (TPSA) is 23.0 Å². The molecule has 0 radical (unpaired) electrons. The number of nitrogens with zero attached hydrogens (tertiary/aromatic N) is 4. The van der Waals surface area contributed by atoms with Gasteiger partial charge in [0.15, 0.2) is 18.0 Å². The number of aromatic nitrogens is 2. The molecule has 0 N–H and O–H groups in total. The number of rotatable bonds is 2. The highest BCUT2D eigenvalue weighted by Crippen LogP contribution is 2.56. The molecule has 2 saturated carbocycles. The minimum Gasteiger partial charge on any atom is -0.340 e. The van der Waals surface area contributed by atoms with Gasteiger partial charge in [-0.05, 0) is 78.9 Å². The summed E-state index contributed by atoms with van der Waals surface area (Å²) in [5.41, 5.74) is 12.0. The first kappa shape index (κ1) is 31.2. The number of hydrogen-bond acceptors (Lipinski definition) is 2. The van der Waals surface area contributed by atoms with E-state index in [1.165, 1.54) is 125 Å². The van der Waals surface area contributed by atoms with E-state index in [9.17, 15) is 0 Å². The van der Waals surface area contributed by atoms with E-state index in [1.807, 2.05) is 0 Å². The van der Waals surface area contributed by atoms with E-state index < -0.39 is 0 Å². The van der Waals surface area contributed by atoms with Crippen molar-refractivity contribution in [2.45, 2.75) is 135 Å². The molecular formula is C45H54N4+2. The normalized spacial score (nSPS) is 26.8. The summed E-state index contributed by atoms with van der Waals surface area (Å²) in [7, 11) is 0. The molecule has 0 bridgehead atoms. The average Bonchev–Trinajstić information content (AvgIpc) is 3.10. The Hall–Kier alpha value is -3.79. The quantitative estimate of drug-likeness (QED) is 0.202. The standard InChI is InChI=1S/C45H54N4/c1-28-25-33-21-23-48-42-31(4)49(35-18-11-8-12-19-35)30(3)26-29(2)47(34-16-9-7-10-17-34)24-22-37(42)40-36-20-14-13-15-32(36)27-38-41(40)43(48)39(33)44(46-28)45(38,5)6/h13-15,20-21,23,25-27,34-35,37,42H,4,7-12,16-19,22,24H2,1-3,5-6H3/q+2. The second-order valence-corrected chi connectivity index (χ2v) is 16.6. The van der Waals surface area contributed by atoms with Crippen molar-refractivity contribution in [2.24, 2.45) is 0 Å². The van der Waals surface area contributed by atoms with Crippen LogP contribution in [0.15, 0.2) is 72.7 Å². The van der Waals surface area contributed by atoms with Crippen LogP contribution in [-0.4, -0.2) is 38.8 Å². The fourth-order valence-electron chi connectivity index (χ4n) is 11.1. The predicted molar refractivity (Wildman–Crippen MR) is 202 cm³/mol. The van der Waals surface area contributed by atoms with E-state index >= 15 is 0 Å². The van der Waals surface area contributed by atoms with Gasteiger partial charge in [0.2, 0.25) is 11.7 Å². The van der Waals surface area contributed by atoms with Crippen molar-refractivity contribution in [2.75, 3.05) is 6.54 Å². The lowest BCUT2D eigenvalue weighted by atomic mass is 9.65. The zero-order valence-corrected chi connectivity index (χ0v) is 30.5. The van der Waals surface area contributed by atoms with Gasteiger partial charge in [-0.1, -0.05) is 70.4 Å². The highest BCUT2D eigenvalue weighted by atomic mass is 15.2. The van der Waals surface area contributed by atoms with E-state index in [-0.39, 0.29) is 11.5 Å². The molecule has 2 aliphatic heterocycles. The summed E-state index contributed by atoms with van der Waals surface area (Å²) in [4.78, 5) is 8.08. The van der Waals surface area contributed by atoms with Gasteiger partial charge >= 0.3 is 0 Å². The summed E-state index contributed by atoms with van der Waals surface area (Å²) >= 11 is 0. The number of fused-ring (bicyclic) bond motifs is 5. The molecule has 4 heterocycles. The van der Waals surface area contributed by atoms with Crippen molar-refractivity contribution >= 4 is 27.3 Å². The molecule has 2 aromatic heterocycles. The van der Waals surface area contributed by atoms with Crippen molar-refractivity contribution in [1.82, 2.24) is 9.88 Å². The molecule has 3 aliphatic carbocycles. The SMILES string of the molecule is C=C1C2C(CC/[N+](C3CCCCC3)=C(C)\C=C(\C)N1C1CCCCC1)c1c3c(cc4ccccc14)C(C)(C)c1nc(C)cc4cc[n+]2c-3c14. The first-order chi connectivity index (χ1) is 23.7. The molecule has 2 fully saturated rings. The smallest absolute Gasteiger partial charge is 0.223 e. The fraction of sp³-hybridized carbons (Fsp3) is 0.489. The predicted octanol–water partition coefficient (Wildman–Crippen LogP) is 10.2. The minimum absolute atomic E-state index is 0.123. The second kappa shape index (κ2) is 11.6. The van der Waals surface area contributed by atoms with E-state index in [4.69, 9.17) is 11.6 Å². The molecule has 2 aromatic carbocycles. The highest BCUT2D eigenvalue weighted by molar-refractivity contribution is 6.05. The summed E-state index contributed by atoms with van der Waals surface area (Å²) in [6.07, 6.45) is 19.2. The maximum Gasteiger partial charge on any atom is 0.223 e. The third kappa shape index (κ3) is 4.72. The van der Waals surface area contributed by atoms with E-state index in [1.54, 1.807) is 5.56 Å². The van der Waals surface area contributed by atoms with Gasteiger partial charge in [-0.15, -0.1) is 0 Å². The summed E-state index contributed by atoms with van der Waals surface area (Å²) in [5, 5.41) is 5.43. The largest absolute Gasteiger partial charge is 0.340 e. The van der Waals surface area contributed by atoms with Gasteiger partial charge in [0.25, 0.3) is 0 Å². The summed E-state index contributed by atoms with van der Waals surface area (Å²) in [6, 6.07) is 17.7. The number of allylic oxidation sites excluding steroid dienone is 3. The van der Waals surface area contributed by atoms with Crippen molar-refractivity contribution in [3.05, 3.63) is 95.2 Å². The fourth-order valence-corrected chi connectivity index (χ4v) is 11.1. The third-order valence-electron chi connectivity index (χ3n) is 13.3. The van der Waals surface area contributed by atoms with Gasteiger partial charge in [0.05, 0.1) is 28.3 Å². The zero-order chi connectivity index (χ0) is 33.6. The van der Waals surface area contributed by atoms with Crippen LogP contribution in [0.4, 0.5) is 0 Å². The Morgan fingerprint density at radius 2 is 1.59 bits per heavy atom. The molecule has 49 heavy (non-hydrogen) atoms. The van der Waals surface area contributed by atoms with Gasteiger partial charge < -0.3 is 4.90 Å². The molecule has 9 rings (SSSR count). The molecule has 0 spiro atoms. The summed E-state index contributed by atoms with van der Waals surface area (Å²) < 4.78 is 5.51. The molecule has 0 saturated heterocycles. The van der Waals surface area contributed by atoms with E-state index in [0.717, 1.165) is 18.7 Å².